The van der Waals surface area contributed by atoms with Crippen LogP contribution in [0, 0.1) is 0 Å². The Hall–Kier alpha value is -1.70. The summed E-state index contributed by atoms with van der Waals surface area (Å²) in [7, 11) is 1.82. The number of hydrogen-bond acceptors (Lipinski definition) is 5. The summed E-state index contributed by atoms with van der Waals surface area (Å²) in [4.78, 5) is 7.03. The van der Waals surface area contributed by atoms with Gasteiger partial charge in [-0.2, -0.15) is 11.8 Å². The van der Waals surface area contributed by atoms with E-state index in [4.69, 9.17) is 9.47 Å². The standard InChI is InChI=1S/C21H32N4O2S/c1-3-11-27-19-7-5-4-6-18(19)15-23-20(22-2)24-16-21(8-14-28-17-21)25-9-12-26-13-10-25/h3-7H,1,8-17H2,2H3,(H2,22,23,24). The van der Waals surface area contributed by atoms with Gasteiger partial charge in [0.15, 0.2) is 5.96 Å². The van der Waals surface area contributed by atoms with Crippen LogP contribution in [-0.4, -0.2) is 74.4 Å². The van der Waals surface area contributed by atoms with Crippen LogP contribution < -0.4 is 15.4 Å². The summed E-state index contributed by atoms with van der Waals surface area (Å²) in [6.45, 7) is 9.48. The monoisotopic (exact) mass is 404 g/mol. The molecule has 2 aliphatic heterocycles. The number of para-hydroxylation sites is 1. The average Bonchev–Trinajstić information content (AvgIpc) is 3.24. The van der Waals surface area contributed by atoms with Gasteiger partial charge in [-0.1, -0.05) is 30.9 Å². The van der Waals surface area contributed by atoms with Crippen LogP contribution in [0.5, 0.6) is 5.75 Å². The van der Waals surface area contributed by atoms with E-state index in [0.717, 1.165) is 55.9 Å². The van der Waals surface area contributed by atoms with Crippen molar-refractivity contribution in [1.82, 2.24) is 15.5 Å². The minimum atomic E-state index is 0.192. The smallest absolute Gasteiger partial charge is 0.191 e. The van der Waals surface area contributed by atoms with Crippen molar-refractivity contribution in [1.29, 1.82) is 0 Å². The van der Waals surface area contributed by atoms with Crippen molar-refractivity contribution in [3.8, 4) is 5.75 Å². The third-order valence-corrected chi connectivity index (χ3v) is 6.58. The van der Waals surface area contributed by atoms with Gasteiger partial charge in [0, 0.05) is 50.1 Å². The van der Waals surface area contributed by atoms with Crippen molar-refractivity contribution in [3.63, 3.8) is 0 Å². The molecule has 0 spiro atoms. The first kappa shape index (κ1) is 21.0. The predicted molar refractivity (Wildman–Crippen MR) is 117 cm³/mol. The minimum Gasteiger partial charge on any atom is -0.489 e. The number of guanidine groups is 1. The van der Waals surface area contributed by atoms with Crippen molar-refractivity contribution in [2.75, 3.05) is 58.0 Å². The zero-order valence-corrected chi connectivity index (χ0v) is 17.6. The largest absolute Gasteiger partial charge is 0.489 e. The summed E-state index contributed by atoms with van der Waals surface area (Å²) < 4.78 is 11.3. The number of benzene rings is 1. The molecule has 0 radical (unpaired) electrons. The van der Waals surface area contributed by atoms with Crippen molar-refractivity contribution in [2.45, 2.75) is 18.5 Å². The van der Waals surface area contributed by atoms with Crippen LogP contribution in [0.3, 0.4) is 0 Å². The first-order valence-electron chi connectivity index (χ1n) is 9.94. The molecule has 1 aromatic carbocycles. The van der Waals surface area contributed by atoms with Crippen LogP contribution in [0.2, 0.25) is 0 Å². The average molecular weight is 405 g/mol. The van der Waals surface area contributed by atoms with Gasteiger partial charge in [-0.3, -0.25) is 9.89 Å². The van der Waals surface area contributed by atoms with E-state index in [1.165, 1.54) is 12.2 Å². The molecular formula is C21H32N4O2S. The van der Waals surface area contributed by atoms with Gasteiger partial charge in [0.1, 0.15) is 12.4 Å². The lowest BCUT2D eigenvalue weighted by molar-refractivity contribution is -0.0120. The zero-order valence-electron chi connectivity index (χ0n) is 16.8. The lowest BCUT2D eigenvalue weighted by Gasteiger charge is -2.43. The molecule has 0 bridgehead atoms. The Kier molecular flexibility index (Phi) is 8.06. The molecule has 6 nitrogen and oxygen atoms in total. The first-order valence-corrected chi connectivity index (χ1v) is 11.1. The van der Waals surface area contributed by atoms with E-state index in [1.54, 1.807) is 6.08 Å². The van der Waals surface area contributed by atoms with Gasteiger partial charge >= 0.3 is 0 Å². The summed E-state index contributed by atoms with van der Waals surface area (Å²) >= 11 is 2.05. The maximum Gasteiger partial charge on any atom is 0.191 e. The first-order chi connectivity index (χ1) is 13.8. The van der Waals surface area contributed by atoms with Crippen molar-refractivity contribution in [2.24, 2.45) is 4.99 Å². The number of nitrogens with one attached hydrogen (secondary N) is 2. The Morgan fingerprint density at radius 2 is 2.18 bits per heavy atom. The number of aliphatic imine (C=N–C) groups is 1. The fourth-order valence-electron chi connectivity index (χ4n) is 3.72. The Labute approximate surface area is 172 Å². The molecule has 1 atom stereocenters. The van der Waals surface area contributed by atoms with E-state index >= 15 is 0 Å². The summed E-state index contributed by atoms with van der Waals surface area (Å²) in [5, 5.41) is 7.00. The van der Waals surface area contributed by atoms with Crippen LogP contribution >= 0.6 is 11.8 Å². The van der Waals surface area contributed by atoms with E-state index < -0.39 is 0 Å². The summed E-state index contributed by atoms with van der Waals surface area (Å²) in [5.41, 5.74) is 1.29. The minimum absolute atomic E-state index is 0.192. The molecule has 2 N–H and O–H groups in total. The fourth-order valence-corrected chi connectivity index (χ4v) is 5.20. The molecule has 0 amide bonds. The highest BCUT2D eigenvalue weighted by Crippen LogP contribution is 2.33. The van der Waals surface area contributed by atoms with Gasteiger partial charge in [-0.15, -0.1) is 0 Å². The number of nitrogens with zero attached hydrogens (tertiary/aromatic N) is 2. The van der Waals surface area contributed by atoms with E-state index in [9.17, 15) is 0 Å². The molecular weight excluding hydrogens is 372 g/mol. The normalized spacial score (nSPS) is 23.4. The summed E-state index contributed by atoms with van der Waals surface area (Å²) in [5.74, 6) is 4.08. The Bertz CT molecular complexity index is 656. The number of thioether (sulfide) groups is 1. The molecule has 0 aliphatic carbocycles. The van der Waals surface area contributed by atoms with Crippen LogP contribution in [0.4, 0.5) is 0 Å². The molecule has 0 saturated carbocycles. The maximum atomic E-state index is 5.75. The highest BCUT2D eigenvalue weighted by Gasteiger charge is 2.40. The zero-order chi connectivity index (χ0) is 19.7. The molecule has 1 aromatic rings. The molecule has 2 aliphatic rings. The topological polar surface area (TPSA) is 58.1 Å². The highest BCUT2D eigenvalue weighted by molar-refractivity contribution is 7.99. The molecule has 3 rings (SSSR count). The third-order valence-electron chi connectivity index (χ3n) is 5.35. The van der Waals surface area contributed by atoms with Crippen molar-refractivity contribution >= 4 is 17.7 Å². The van der Waals surface area contributed by atoms with E-state index in [-0.39, 0.29) is 5.54 Å². The van der Waals surface area contributed by atoms with Crippen molar-refractivity contribution < 1.29 is 9.47 Å². The molecule has 154 valence electrons. The third kappa shape index (κ3) is 5.43. The quantitative estimate of drug-likeness (QED) is 0.393. The van der Waals surface area contributed by atoms with Gasteiger partial charge in [-0.25, -0.2) is 0 Å². The van der Waals surface area contributed by atoms with Gasteiger partial charge in [0.2, 0.25) is 0 Å². The van der Waals surface area contributed by atoms with Gasteiger partial charge in [0.25, 0.3) is 0 Å². The Morgan fingerprint density at radius 3 is 2.89 bits per heavy atom. The van der Waals surface area contributed by atoms with Crippen LogP contribution in [0.15, 0.2) is 41.9 Å². The number of ether oxygens (including phenoxy) is 2. The van der Waals surface area contributed by atoms with Gasteiger partial charge in [-0.05, 0) is 18.2 Å². The molecule has 2 fully saturated rings. The van der Waals surface area contributed by atoms with Crippen LogP contribution in [-0.2, 0) is 11.3 Å². The second-order valence-electron chi connectivity index (χ2n) is 7.11. The number of hydrogen-bond donors (Lipinski definition) is 2. The van der Waals surface area contributed by atoms with Gasteiger partial charge in [0.05, 0.1) is 13.2 Å². The van der Waals surface area contributed by atoms with Crippen LogP contribution in [0.1, 0.15) is 12.0 Å². The Balaban J connectivity index is 1.56. The second-order valence-corrected chi connectivity index (χ2v) is 8.22. The van der Waals surface area contributed by atoms with E-state index in [2.05, 4.69) is 33.2 Å². The Morgan fingerprint density at radius 1 is 1.36 bits per heavy atom. The highest BCUT2D eigenvalue weighted by atomic mass is 32.2. The second kappa shape index (κ2) is 10.7. The molecule has 2 saturated heterocycles. The molecule has 2 heterocycles. The van der Waals surface area contributed by atoms with Crippen LogP contribution in [0.25, 0.3) is 0 Å². The molecule has 1 unspecified atom stereocenters. The van der Waals surface area contributed by atoms with E-state index in [1.807, 2.05) is 37.0 Å². The molecule has 7 heteroatoms. The summed E-state index contributed by atoms with van der Waals surface area (Å²) in [6, 6.07) is 8.07. The SMILES string of the molecule is C=CCOc1ccccc1CNC(=NC)NCC1(N2CCOCC2)CCSC1. The predicted octanol–water partition coefficient (Wildman–Crippen LogP) is 2.12. The lowest BCUT2D eigenvalue weighted by atomic mass is 9.95. The molecule has 28 heavy (non-hydrogen) atoms. The molecule has 0 aromatic heterocycles. The van der Waals surface area contributed by atoms with Gasteiger partial charge < -0.3 is 20.1 Å². The fraction of sp³-hybridized carbons (Fsp3) is 0.571. The maximum absolute atomic E-state index is 5.75. The number of rotatable bonds is 8. The number of morpholine rings is 1. The summed E-state index contributed by atoms with van der Waals surface area (Å²) in [6.07, 6.45) is 2.97. The lowest BCUT2D eigenvalue weighted by Crippen LogP contribution is -2.60. The van der Waals surface area contributed by atoms with E-state index in [0.29, 0.717) is 13.2 Å². The van der Waals surface area contributed by atoms with Crippen molar-refractivity contribution in [3.05, 3.63) is 42.5 Å².